The second kappa shape index (κ2) is 6.02. The number of nitrogens with one attached hydrogen (secondary N) is 2. The molecule has 2 heterocycles. The molecule has 0 aromatic carbocycles. The number of halogens is 1. The first-order chi connectivity index (χ1) is 7.66. The van der Waals surface area contributed by atoms with E-state index < -0.39 is 0 Å². The molecule has 0 aliphatic carbocycles. The van der Waals surface area contributed by atoms with E-state index in [1.165, 1.54) is 0 Å². The fourth-order valence-electron chi connectivity index (χ4n) is 2.06. The maximum Gasteiger partial charge on any atom is 0.269 e. The molecular weight excluding hydrogens is 240 g/mol. The van der Waals surface area contributed by atoms with Gasteiger partial charge in [-0.15, -0.1) is 12.4 Å². The van der Waals surface area contributed by atoms with Crippen LogP contribution in [0.15, 0.2) is 6.07 Å². The van der Waals surface area contributed by atoms with Crippen LogP contribution in [0.3, 0.4) is 0 Å². The van der Waals surface area contributed by atoms with E-state index in [-0.39, 0.29) is 24.4 Å². The molecular formula is C11H19ClN4O. The van der Waals surface area contributed by atoms with Crippen LogP contribution in [0.2, 0.25) is 0 Å². The van der Waals surface area contributed by atoms with Crippen LogP contribution in [-0.2, 0) is 7.05 Å². The molecule has 1 aliphatic heterocycles. The molecule has 6 heteroatoms. The highest BCUT2D eigenvalue weighted by Gasteiger charge is 2.18. The maximum atomic E-state index is 11.9. The Morgan fingerprint density at radius 2 is 2.41 bits per heavy atom. The molecule has 1 saturated heterocycles. The van der Waals surface area contributed by atoms with E-state index in [9.17, 15) is 4.79 Å². The Kier molecular flexibility index (Phi) is 4.96. The lowest BCUT2D eigenvalue weighted by Gasteiger charge is -2.23. The zero-order valence-corrected chi connectivity index (χ0v) is 11.0. The number of nitrogens with zero attached hydrogens (tertiary/aromatic N) is 2. The van der Waals surface area contributed by atoms with E-state index in [1.54, 1.807) is 11.7 Å². The maximum absolute atomic E-state index is 11.9. The number of carbonyl (C=O) groups excluding carboxylic acids is 1. The highest BCUT2D eigenvalue weighted by molar-refractivity contribution is 5.92. The minimum atomic E-state index is -0.0307. The van der Waals surface area contributed by atoms with Gasteiger partial charge >= 0.3 is 0 Å². The third-order valence-electron chi connectivity index (χ3n) is 2.87. The molecule has 0 saturated carbocycles. The van der Waals surface area contributed by atoms with E-state index in [0.717, 1.165) is 31.6 Å². The van der Waals surface area contributed by atoms with Crippen LogP contribution in [0, 0.1) is 6.92 Å². The highest BCUT2D eigenvalue weighted by Crippen LogP contribution is 2.05. The minimum absolute atomic E-state index is 0. The first-order valence-corrected chi connectivity index (χ1v) is 5.69. The van der Waals surface area contributed by atoms with Gasteiger partial charge in [0.1, 0.15) is 5.69 Å². The SMILES string of the molecule is Cc1cc(C(=O)N[C@H]2CCCNC2)n(C)n1.Cl. The fourth-order valence-corrected chi connectivity index (χ4v) is 2.06. The molecule has 0 spiro atoms. The number of aryl methyl sites for hydroxylation is 2. The van der Waals surface area contributed by atoms with Crippen molar-refractivity contribution in [1.82, 2.24) is 20.4 Å². The van der Waals surface area contributed by atoms with Gasteiger partial charge in [-0.2, -0.15) is 5.10 Å². The van der Waals surface area contributed by atoms with Crippen molar-refractivity contribution in [1.29, 1.82) is 0 Å². The zero-order chi connectivity index (χ0) is 11.5. The first-order valence-electron chi connectivity index (χ1n) is 5.69. The molecule has 0 unspecified atom stereocenters. The lowest BCUT2D eigenvalue weighted by molar-refractivity contribution is 0.0921. The molecule has 17 heavy (non-hydrogen) atoms. The van der Waals surface area contributed by atoms with Gasteiger partial charge in [-0.25, -0.2) is 0 Å². The van der Waals surface area contributed by atoms with E-state index in [2.05, 4.69) is 15.7 Å². The normalized spacial score (nSPS) is 19.5. The van der Waals surface area contributed by atoms with Crippen LogP contribution < -0.4 is 10.6 Å². The van der Waals surface area contributed by atoms with Crippen molar-refractivity contribution in [2.45, 2.75) is 25.8 Å². The van der Waals surface area contributed by atoms with Gasteiger partial charge in [0.15, 0.2) is 0 Å². The molecule has 1 fully saturated rings. The van der Waals surface area contributed by atoms with Gasteiger partial charge in [0, 0.05) is 19.6 Å². The Hall–Kier alpha value is -1.07. The largest absolute Gasteiger partial charge is 0.347 e. The third-order valence-corrected chi connectivity index (χ3v) is 2.87. The Bertz CT molecular complexity index is 385. The summed E-state index contributed by atoms with van der Waals surface area (Å²) in [6.07, 6.45) is 2.17. The van der Waals surface area contributed by atoms with Gasteiger partial charge < -0.3 is 10.6 Å². The van der Waals surface area contributed by atoms with Crippen molar-refractivity contribution in [2.24, 2.45) is 7.05 Å². The summed E-state index contributed by atoms with van der Waals surface area (Å²) in [7, 11) is 1.79. The second-order valence-corrected chi connectivity index (χ2v) is 4.31. The molecule has 1 aliphatic rings. The minimum Gasteiger partial charge on any atom is -0.347 e. The lowest BCUT2D eigenvalue weighted by atomic mass is 10.1. The van der Waals surface area contributed by atoms with Gasteiger partial charge in [-0.1, -0.05) is 0 Å². The van der Waals surface area contributed by atoms with Gasteiger partial charge in [-0.05, 0) is 32.4 Å². The van der Waals surface area contributed by atoms with Crippen molar-refractivity contribution >= 4 is 18.3 Å². The molecule has 2 N–H and O–H groups in total. The number of hydrogen-bond acceptors (Lipinski definition) is 3. The van der Waals surface area contributed by atoms with E-state index in [4.69, 9.17) is 0 Å². The number of hydrogen-bond donors (Lipinski definition) is 2. The van der Waals surface area contributed by atoms with Gasteiger partial charge in [0.25, 0.3) is 5.91 Å². The summed E-state index contributed by atoms with van der Waals surface area (Å²) in [6.45, 7) is 3.80. The topological polar surface area (TPSA) is 59.0 Å². The van der Waals surface area contributed by atoms with E-state index >= 15 is 0 Å². The fraction of sp³-hybridized carbons (Fsp3) is 0.636. The first kappa shape index (κ1) is 14.0. The lowest BCUT2D eigenvalue weighted by Crippen LogP contribution is -2.46. The van der Waals surface area contributed by atoms with Crippen LogP contribution in [-0.4, -0.2) is 34.8 Å². The van der Waals surface area contributed by atoms with E-state index in [0.29, 0.717) is 5.69 Å². The Morgan fingerprint density at radius 3 is 2.94 bits per heavy atom. The molecule has 1 aromatic rings. The van der Waals surface area contributed by atoms with Crippen LogP contribution >= 0.6 is 12.4 Å². The summed E-state index contributed by atoms with van der Waals surface area (Å²) in [5, 5.41) is 10.5. The number of piperidine rings is 1. The van der Waals surface area contributed by atoms with Crippen molar-refractivity contribution in [2.75, 3.05) is 13.1 Å². The molecule has 2 rings (SSSR count). The number of carbonyl (C=O) groups is 1. The predicted octanol–water partition coefficient (Wildman–Crippen LogP) is 0.632. The molecule has 96 valence electrons. The summed E-state index contributed by atoms with van der Waals surface area (Å²) in [4.78, 5) is 11.9. The van der Waals surface area contributed by atoms with Gasteiger partial charge in [-0.3, -0.25) is 9.48 Å². The van der Waals surface area contributed by atoms with E-state index in [1.807, 2.05) is 13.0 Å². The van der Waals surface area contributed by atoms with Crippen molar-refractivity contribution in [3.8, 4) is 0 Å². The summed E-state index contributed by atoms with van der Waals surface area (Å²) >= 11 is 0. The number of rotatable bonds is 2. The van der Waals surface area contributed by atoms with Crippen LogP contribution in [0.5, 0.6) is 0 Å². The van der Waals surface area contributed by atoms with Gasteiger partial charge in [0.05, 0.1) is 5.69 Å². The highest BCUT2D eigenvalue weighted by atomic mass is 35.5. The summed E-state index contributed by atoms with van der Waals surface area (Å²) in [6, 6.07) is 2.06. The van der Waals surface area contributed by atoms with Crippen LogP contribution in [0.1, 0.15) is 29.0 Å². The molecule has 0 bridgehead atoms. The molecule has 5 nitrogen and oxygen atoms in total. The average Bonchev–Trinajstić information content (AvgIpc) is 2.59. The Morgan fingerprint density at radius 1 is 1.65 bits per heavy atom. The number of aromatic nitrogens is 2. The molecule has 1 atom stereocenters. The predicted molar refractivity (Wildman–Crippen MR) is 68.6 cm³/mol. The quantitative estimate of drug-likeness (QED) is 0.818. The standard InChI is InChI=1S/C11H18N4O.ClH/c1-8-6-10(15(2)14-8)11(16)13-9-4-3-5-12-7-9;/h6,9,12H,3-5,7H2,1-2H3,(H,13,16);1H/t9-;/m0./s1. The van der Waals surface area contributed by atoms with Crippen molar-refractivity contribution in [3.05, 3.63) is 17.5 Å². The molecule has 1 aromatic heterocycles. The Balaban J connectivity index is 0.00000144. The van der Waals surface area contributed by atoms with Crippen LogP contribution in [0.4, 0.5) is 0 Å². The van der Waals surface area contributed by atoms with Crippen LogP contribution in [0.25, 0.3) is 0 Å². The zero-order valence-electron chi connectivity index (χ0n) is 10.2. The summed E-state index contributed by atoms with van der Waals surface area (Å²) < 4.78 is 1.63. The molecule has 0 radical (unpaired) electrons. The van der Waals surface area contributed by atoms with Crippen molar-refractivity contribution in [3.63, 3.8) is 0 Å². The summed E-state index contributed by atoms with van der Waals surface area (Å²) in [5.74, 6) is -0.0307. The number of amides is 1. The Labute approximate surface area is 107 Å². The average molecular weight is 259 g/mol. The third kappa shape index (κ3) is 3.44. The summed E-state index contributed by atoms with van der Waals surface area (Å²) in [5.41, 5.74) is 1.50. The molecule has 1 amide bonds. The monoisotopic (exact) mass is 258 g/mol. The second-order valence-electron chi connectivity index (χ2n) is 4.31. The van der Waals surface area contributed by atoms with Crippen molar-refractivity contribution < 1.29 is 4.79 Å². The van der Waals surface area contributed by atoms with Gasteiger partial charge in [0.2, 0.25) is 0 Å². The smallest absolute Gasteiger partial charge is 0.269 e.